The lowest BCUT2D eigenvalue weighted by molar-refractivity contribution is 0.922. The molecule has 0 amide bonds. The number of thiazole rings is 1. The van der Waals surface area contributed by atoms with Crippen LogP contribution in [-0.4, -0.2) is 9.38 Å². The Morgan fingerprint density at radius 2 is 1.95 bits per heavy atom. The van der Waals surface area contributed by atoms with Gasteiger partial charge < -0.3 is 0 Å². The summed E-state index contributed by atoms with van der Waals surface area (Å²) in [6.45, 7) is 4.43. The van der Waals surface area contributed by atoms with E-state index in [0.29, 0.717) is 0 Å². The van der Waals surface area contributed by atoms with E-state index in [1.807, 2.05) is 6.20 Å². The maximum atomic E-state index is 4.40. The molecule has 0 aliphatic heterocycles. The summed E-state index contributed by atoms with van der Waals surface area (Å²) < 4.78 is 2.21. The first kappa shape index (κ1) is 12.4. The summed E-state index contributed by atoms with van der Waals surface area (Å²) in [5, 5.41) is 0. The summed E-state index contributed by atoms with van der Waals surface area (Å²) in [4.78, 5) is 6.90. The van der Waals surface area contributed by atoms with Gasteiger partial charge in [0.05, 0.1) is 5.69 Å². The van der Waals surface area contributed by atoms with Gasteiger partial charge in [0.2, 0.25) is 0 Å². The molecule has 3 aromatic rings. The van der Waals surface area contributed by atoms with Crippen LogP contribution in [0.2, 0.25) is 0 Å². The fourth-order valence-corrected chi connectivity index (χ4v) is 3.53. The van der Waals surface area contributed by atoms with Crippen LogP contribution in [0.1, 0.15) is 30.7 Å². The maximum absolute atomic E-state index is 4.40. The zero-order chi connectivity index (χ0) is 13.2. The molecule has 0 aliphatic rings. The molecular weight excluding hydrogens is 252 g/mol. The van der Waals surface area contributed by atoms with Gasteiger partial charge in [0.1, 0.15) is 0 Å². The third-order valence-corrected chi connectivity index (χ3v) is 4.63. The largest absolute Gasteiger partial charge is 0.290 e. The number of nitrogens with zero attached hydrogens (tertiary/aromatic N) is 2. The Bertz CT molecular complexity index is 676. The second-order valence-corrected chi connectivity index (χ2v) is 5.82. The van der Waals surface area contributed by atoms with Gasteiger partial charge in [0.15, 0.2) is 4.96 Å². The monoisotopic (exact) mass is 270 g/mol. The van der Waals surface area contributed by atoms with Crippen molar-refractivity contribution >= 4 is 16.3 Å². The number of hydrogen-bond donors (Lipinski definition) is 0. The van der Waals surface area contributed by atoms with E-state index >= 15 is 0 Å². The second-order valence-electron chi connectivity index (χ2n) is 4.75. The minimum atomic E-state index is 1.06. The third-order valence-electron chi connectivity index (χ3n) is 3.41. The first-order valence-corrected chi connectivity index (χ1v) is 7.69. The zero-order valence-electron chi connectivity index (χ0n) is 11.4. The lowest BCUT2D eigenvalue weighted by atomic mass is 10.0. The number of aromatic nitrogens is 2. The van der Waals surface area contributed by atoms with Gasteiger partial charge in [-0.05, 0) is 24.0 Å². The second kappa shape index (κ2) is 5.17. The Kier molecular flexibility index (Phi) is 3.38. The molecule has 0 bridgehead atoms. The van der Waals surface area contributed by atoms with E-state index in [0.717, 1.165) is 17.8 Å². The lowest BCUT2D eigenvalue weighted by Gasteiger charge is -2.05. The van der Waals surface area contributed by atoms with Gasteiger partial charge in [-0.15, -0.1) is 11.3 Å². The number of hydrogen-bond acceptors (Lipinski definition) is 2. The van der Waals surface area contributed by atoms with Crippen LogP contribution in [-0.2, 0) is 12.8 Å². The molecule has 2 heterocycles. The summed E-state index contributed by atoms with van der Waals surface area (Å²) >= 11 is 1.79. The third kappa shape index (κ3) is 2.19. The fourth-order valence-electron chi connectivity index (χ4n) is 2.49. The topological polar surface area (TPSA) is 17.3 Å². The van der Waals surface area contributed by atoms with E-state index < -0.39 is 0 Å². The Morgan fingerprint density at radius 3 is 2.63 bits per heavy atom. The zero-order valence-corrected chi connectivity index (χ0v) is 12.2. The smallest absolute Gasteiger partial charge is 0.194 e. The Balaban J connectivity index is 2.09. The van der Waals surface area contributed by atoms with Crippen molar-refractivity contribution in [1.82, 2.24) is 9.38 Å². The highest BCUT2D eigenvalue weighted by molar-refractivity contribution is 7.17. The molecule has 2 aromatic heterocycles. The van der Waals surface area contributed by atoms with Crippen LogP contribution in [0, 0.1) is 0 Å². The normalized spacial score (nSPS) is 11.3. The number of aryl methyl sites for hydroxylation is 2. The van der Waals surface area contributed by atoms with E-state index in [1.54, 1.807) is 11.3 Å². The predicted octanol–water partition coefficient (Wildman–Crippen LogP) is 4.58. The van der Waals surface area contributed by atoms with E-state index in [9.17, 15) is 0 Å². The van der Waals surface area contributed by atoms with Crippen molar-refractivity contribution in [2.24, 2.45) is 0 Å². The molecule has 1 aromatic carbocycles. The van der Waals surface area contributed by atoms with Gasteiger partial charge in [-0.2, -0.15) is 0 Å². The van der Waals surface area contributed by atoms with Crippen molar-refractivity contribution < 1.29 is 0 Å². The molecule has 0 radical (unpaired) electrons. The van der Waals surface area contributed by atoms with Crippen LogP contribution >= 0.6 is 11.3 Å². The average molecular weight is 270 g/mol. The lowest BCUT2D eigenvalue weighted by Crippen LogP contribution is -1.89. The molecule has 0 saturated heterocycles. The standard InChI is InChI=1S/C16H18N2S/c1-3-5-12-6-8-13(9-7-12)15-14(4-2)19-16-17-10-11-18(15)16/h6-11H,3-5H2,1-2H3. The molecular formula is C16H18N2S. The number of benzene rings is 1. The summed E-state index contributed by atoms with van der Waals surface area (Å²) in [7, 11) is 0. The van der Waals surface area contributed by atoms with Crippen molar-refractivity contribution in [3.05, 3.63) is 47.1 Å². The van der Waals surface area contributed by atoms with E-state index in [2.05, 4.69) is 53.7 Å². The van der Waals surface area contributed by atoms with E-state index in [1.165, 1.54) is 28.1 Å². The molecule has 3 rings (SSSR count). The number of rotatable bonds is 4. The van der Waals surface area contributed by atoms with Gasteiger partial charge in [0, 0.05) is 17.3 Å². The van der Waals surface area contributed by atoms with Crippen molar-refractivity contribution in [2.45, 2.75) is 33.1 Å². The van der Waals surface area contributed by atoms with Gasteiger partial charge >= 0.3 is 0 Å². The first-order chi connectivity index (χ1) is 9.33. The fraction of sp³-hybridized carbons (Fsp3) is 0.312. The van der Waals surface area contributed by atoms with Crippen LogP contribution in [0.3, 0.4) is 0 Å². The van der Waals surface area contributed by atoms with Gasteiger partial charge in [-0.1, -0.05) is 44.5 Å². The van der Waals surface area contributed by atoms with Crippen molar-refractivity contribution in [3.63, 3.8) is 0 Å². The molecule has 98 valence electrons. The van der Waals surface area contributed by atoms with Crippen LogP contribution in [0.15, 0.2) is 36.7 Å². The highest BCUT2D eigenvalue weighted by atomic mass is 32.1. The Labute approximate surface area is 117 Å². The van der Waals surface area contributed by atoms with Crippen molar-refractivity contribution in [3.8, 4) is 11.3 Å². The number of imidazole rings is 1. The van der Waals surface area contributed by atoms with Gasteiger partial charge in [-0.3, -0.25) is 4.40 Å². The van der Waals surface area contributed by atoms with Gasteiger partial charge in [0.25, 0.3) is 0 Å². The minimum Gasteiger partial charge on any atom is -0.290 e. The molecule has 0 aliphatic carbocycles. The SMILES string of the molecule is CCCc1ccc(-c2c(CC)sc3nccn23)cc1. The molecule has 0 unspecified atom stereocenters. The molecule has 0 saturated carbocycles. The van der Waals surface area contributed by atoms with Crippen LogP contribution in [0.5, 0.6) is 0 Å². The highest BCUT2D eigenvalue weighted by Crippen LogP contribution is 2.31. The van der Waals surface area contributed by atoms with Crippen LogP contribution in [0.4, 0.5) is 0 Å². The summed E-state index contributed by atoms with van der Waals surface area (Å²) in [5.74, 6) is 0. The van der Waals surface area contributed by atoms with Crippen molar-refractivity contribution in [2.75, 3.05) is 0 Å². The summed E-state index contributed by atoms with van der Waals surface area (Å²) in [5.41, 5.74) is 4.02. The average Bonchev–Trinajstić information content (AvgIpc) is 3.00. The Morgan fingerprint density at radius 1 is 1.16 bits per heavy atom. The Hall–Kier alpha value is -1.61. The summed E-state index contributed by atoms with van der Waals surface area (Å²) in [6, 6.07) is 8.98. The molecule has 0 atom stereocenters. The molecule has 2 nitrogen and oxygen atoms in total. The predicted molar refractivity (Wildman–Crippen MR) is 81.9 cm³/mol. The minimum absolute atomic E-state index is 1.06. The van der Waals surface area contributed by atoms with Crippen LogP contribution < -0.4 is 0 Å². The molecule has 0 N–H and O–H groups in total. The first-order valence-electron chi connectivity index (χ1n) is 6.87. The molecule has 0 spiro atoms. The molecule has 0 fully saturated rings. The maximum Gasteiger partial charge on any atom is 0.194 e. The molecule has 19 heavy (non-hydrogen) atoms. The highest BCUT2D eigenvalue weighted by Gasteiger charge is 2.13. The number of fused-ring (bicyclic) bond motifs is 1. The molecule has 3 heteroatoms. The van der Waals surface area contributed by atoms with Crippen LogP contribution in [0.25, 0.3) is 16.2 Å². The van der Waals surface area contributed by atoms with Gasteiger partial charge in [-0.25, -0.2) is 4.98 Å². The summed E-state index contributed by atoms with van der Waals surface area (Å²) in [6.07, 6.45) is 7.34. The van der Waals surface area contributed by atoms with E-state index in [-0.39, 0.29) is 0 Å². The van der Waals surface area contributed by atoms with Crippen molar-refractivity contribution in [1.29, 1.82) is 0 Å². The van der Waals surface area contributed by atoms with E-state index in [4.69, 9.17) is 0 Å². The quantitative estimate of drug-likeness (QED) is 0.678.